The summed E-state index contributed by atoms with van der Waals surface area (Å²) < 4.78 is 18.6. The van der Waals surface area contributed by atoms with Gasteiger partial charge in [0.15, 0.2) is 11.6 Å². The Balaban J connectivity index is 1.79. The number of ether oxygens (including phenoxy) is 1. The van der Waals surface area contributed by atoms with Gasteiger partial charge in [0.05, 0.1) is 13.0 Å². The van der Waals surface area contributed by atoms with E-state index in [2.05, 4.69) is 19.2 Å². The molecule has 0 fully saturated rings. The molecule has 4 heteroatoms. The van der Waals surface area contributed by atoms with Gasteiger partial charge < -0.3 is 10.1 Å². The molecule has 0 spiro atoms. The average Bonchev–Trinajstić information content (AvgIpc) is 2.50. The van der Waals surface area contributed by atoms with Crippen LogP contribution in [0.3, 0.4) is 0 Å². The van der Waals surface area contributed by atoms with Crippen molar-refractivity contribution in [1.29, 1.82) is 0 Å². The summed E-state index contributed by atoms with van der Waals surface area (Å²) in [5, 5.41) is 2.80. The van der Waals surface area contributed by atoms with Crippen molar-refractivity contribution >= 4 is 11.6 Å². The van der Waals surface area contributed by atoms with Crippen molar-refractivity contribution in [2.45, 2.75) is 26.2 Å². The quantitative estimate of drug-likeness (QED) is 0.861. The Morgan fingerprint density at radius 3 is 2.45 bits per heavy atom. The van der Waals surface area contributed by atoms with E-state index < -0.39 is 5.82 Å². The van der Waals surface area contributed by atoms with Crippen LogP contribution in [0.4, 0.5) is 10.1 Å². The number of para-hydroxylation sites is 1. The highest BCUT2D eigenvalue weighted by Gasteiger charge is 2.06. The van der Waals surface area contributed by atoms with E-state index >= 15 is 0 Å². The molecule has 2 aromatic carbocycles. The summed E-state index contributed by atoms with van der Waals surface area (Å²) in [5.41, 5.74) is 1.97. The first-order valence-corrected chi connectivity index (χ1v) is 7.33. The topological polar surface area (TPSA) is 38.3 Å². The van der Waals surface area contributed by atoms with E-state index in [1.54, 1.807) is 12.1 Å². The van der Waals surface area contributed by atoms with Crippen LogP contribution in [0.2, 0.25) is 0 Å². The number of amides is 1. The summed E-state index contributed by atoms with van der Waals surface area (Å²) in [5.74, 6) is 0.0383. The molecule has 0 aromatic heterocycles. The Bertz CT molecular complexity index is 623. The molecule has 0 saturated heterocycles. The average molecular weight is 301 g/mol. The summed E-state index contributed by atoms with van der Waals surface area (Å²) in [7, 11) is 0. The minimum absolute atomic E-state index is 0.136. The summed E-state index contributed by atoms with van der Waals surface area (Å²) in [6, 6.07) is 13.9. The largest absolute Gasteiger partial charge is 0.490 e. The van der Waals surface area contributed by atoms with Crippen molar-refractivity contribution in [3.05, 3.63) is 59.9 Å². The van der Waals surface area contributed by atoms with E-state index in [1.807, 2.05) is 24.3 Å². The highest BCUT2D eigenvalue weighted by molar-refractivity contribution is 5.90. The number of hydrogen-bond donors (Lipinski definition) is 1. The van der Waals surface area contributed by atoms with Crippen LogP contribution < -0.4 is 10.1 Å². The van der Waals surface area contributed by atoms with Gasteiger partial charge in [0.1, 0.15) is 0 Å². The summed E-state index contributed by atoms with van der Waals surface area (Å²) >= 11 is 0. The predicted octanol–water partition coefficient (Wildman–Crippen LogP) is 4.36. The summed E-state index contributed by atoms with van der Waals surface area (Å²) in [6.07, 6.45) is 0.167. The lowest BCUT2D eigenvalue weighted by Gasteiger charge is -2.09. The van der Waals surface area contributed by atoms with Gasteiger partial charge in [-0.05, 0) is 35.7 Å². The number of hydrogen-bond acceptors (Lipinski definition) is 2. The number of anilines is 1. The summed E-state index contributed by atoms with van der Waals surface area (Å²) in [4.78, 5) is 11.8. The van der Waals surface area contributed by atoms with Gasteiger partial charge in [-0.25, -0.2) is 4.39 Å². The van der Waals surface area contributed by atoms with Crippen molar-refractivity contribution in [2.24, 2.45) is 0 Å². The second-order valence-corrected chi connectivity index (χ2v) is 5.35. The van der Waals surface area contributed by atoms with Crippen LogP contribution in [-0.2, 0) is 4.79 Å². The van der Waals surface area contributed by atoms with Crippen LogP contribution in [0, 0.1) is 5.82 Å². The number of carbonyl (C=O) groups is 1. The Labute approximate surface area is 130 Å². The van der Waals surface area contributed by atoms with Gasteiger partial charge in [-0.1, -0.05) is 38.1 Å². The Hall–Kier alpha value is -2.36. The molecule has 0 aliphatic rings. The molecule has 0 bridgehead atoms. The van der Waals surface area contributed by atoms with Gasteiger partial charge in [-0.3, -0.25) is 4.79 Å². The molecule has 22 heavy (non-hydrogen) atoms. The van der Waals surface area contributed by atoms with E-state index in [0.717, 1.165) is 5.69 Å². The maximum Gasteiger partial charge on any atom is 0.227 e. The molecule has 0 aliphatic carbocycles. The van der Waals surface area contributed by atoms with Crippen molar-refractivity contribution in [2.75, 3.05) is 11.9 Å². The van der Waals surface area contributed by atoms with E-state index in [9.17, 15) is 9.18 Å². The monoisotopic (exact) mass is 301 g/mol. The van der Waals surface area contributed by atoms with Gasteiger partial charge in [0.25, 0.3) is 0 Å². The molecule has 0 unspecified atom stereocenters. The maximum atomic E-state index is 13.3. The Morgan fingerprint density at radius 1 is 1.14 bits per heavy atom. The zero-order valence-corrected chi connectivity index (χ0v) is 12.8. The molecule has 1 amide bonds. The van der Waals surface area contributed by atoms with Crippen LogP contribution in [0.5, 0.6) is 5.75 Å². The SMILES string of the molecule is CC(C)c1ccc(NC(=O)CCOc2ccccc2F)cc1. The smallest absolute Gasteiger partial charge is 0.227 e. The third-order valence-corrected chi connectivity index (χ3v) is 3.28. The van der Waals surface area contributed by atoms with Crippen molar-refractivity contribution in [3.8, 4) is 5.75 Å². The molecule has 0 heterocycles. The Morgan fingerprint density at radius 2 is 1.82 bits per heavy atom. The first-order chi connectivity index (χ1) is 10.6. The molecule has 1 N–H and O–H groups in total. The van der Waals surface area contributed by atoms with Crippen LogP contribution in [0.1, 0.15) is 31.7 Å². The first-order valence-electron chi connectivity index (χ1n) is 7.33. The van der Waals surface area contributed by atoms with Gasteiger partial charge in [0, 0.05) is 5.69 Å². The number of rotatable bonds is 6. The third-order valence-electron chi connectivity index (χ3n) is 3.28. The molecule has 0 saturated carbocycles. The van der Waals surface area contributed by atoms with E-state index in [0.29, 0.717) is 5.92 Å². The van der Waals surface area contributed by atoms with Crippen LogP contribution >= 0.6 is 0 Å². The van der Waals surface area contributed by atoms with E-state index in [-0.39, 0.29) is 24.7 Å². The van der Waals surface area contributed by atoms with Gasteiger partial charge in [0.2, 0.25) is 5.91 Å². The fourth-order valence-electron chi connectivity index (χ4n) is 1.99. The summed E-state index contributed by atoms with van der Waals surface area (Å²) in [6.45, 7) is 4.37. The van der Waals surface area contributed by atoms with Crippen LogP contribution in [0.25, 0.3) is 0 Å². The Kier molecular flexibility index (Phi) is 5.53. The van der Waals surface area contributed by atoms with Gasteiger partial charge >= 0.3 is 0 Å². The molecule has 2 aromatic rings. The number of carbonyl (C=O) groups excluding carboxylic acids is 1. The first kappa shape index (κ1) is 16.0. The van der Waals surface area contributed by atoms with E-state index in [4.69, 9.17) is 4.74 Å². The molecular weight excluding hydrogens is 281 g/mol. The zero-order valence-electron chi connectivity index (χ0n) is 12.8. The standard InChI is InChI=1S/C18H20FNO2/c1-13(2)14-7-9-15(10-8-14)20-18(21)11-12-22-17-6-4-3-5-16(17)19/h3-10,13H,11-12H2,1-2H3,(H,20,21). The lowest BCUT2D eigenvalue weighted by Crippen LogP contribution is -2.15. The highest BCUT2D eigenvalue weighted by atomic mass is 19.1. The second-order valence-electron chi connectivity index (χ2n) is 5.35. The lowest BCUT2D eigenvalue weighted by atomic mass is 10.0. The minimum atomic E-state index is -0.424. The molecule has 0 radical (unpaired) electrons. The van der Waals surface area contributed by atoms with Crippen LogP contribution in [0.15, 0.2) is 48.5 Å². The maximum absolute atomic E-state index is 13.3. The van der Waals surface area contributed by atoms with Crippen molar-refractivity contribution < 1.29 is 13.9 Å². The molecule has 0 aliphatic heterocycles. The number of nitrogens with one attached hydrogen (secondary N) is 1. The molecule has 0 atom stereocenters. The lowest BCUT2D eigenvalue weighted by molar-refractivity contribution is -0.116. The predicted molar refractivity (Wildman–Crippen MR) is 85.7 cm³/mol. The second kappa shape index (κ2) is 7.59. The highest BCUT2D eigenvalue weighted by Crippen LogP contribution is 2.18. The minimum Gasteiger partial charge on any atom is -0.490 e. The molecule has 2 rings (SSSR count). The van der Waals surface area contributed by atoms with Crippen molar-refractivity contribution in [3.63, 3.8) is 0 Å². The van der Waals surface area contributed by atoms with Crippen LogP contribution in [-0.4, -0.2) is 12.5 Å². The third kappa shape index (κ3) is 4.58. The van der Waals surface area contributed by atoms with Gasteiger partial charge in [-0.15, -0.1) is 0 Å². The fourth-order valence-corrected chi connectivity index (χ4v) is 1.99. The van der Waals surface area contributed by atoms with E-state index in [1.165, 1.54) is 17.7 Å². The normalized spacial score (nSPS) is 10.5. The fraction of sp³-hybridized carbons (Fsp3) is 0.278. The zero-order chi connectivity index (χ0) is 15.9. The molecule has 116 valence electrons. The van der Waals surface area contributed by atoms with Gasteiger partial charge in [-0.2, -0.15) is 0 Å². The number of halogens is 1. The molecule has 3 nitrogen and oxygen atoms in total. The van der Waals surface area contributed by atoms with Crippen molar-refractivity contribution in [1.82, 2.24) is 0 Å². The molecular formula is C18H20FNO2. The number of benzene rings is 2.